The molecule has 2 aliphatic rings. The lowest BCUT2D eigenvalue weighted by Crippen LogP contribution is -2.37. The van der Waals surface area contributed by atoms with Crippen molar-refractivity contribution in [2.45, 2.75) is 51.5 Å². The maximum absolute atomic E-state index is 5.91. The molecule has 1 aromatic rings. The number of nitrogen functional groups attached to an aromatic ring is 1. The van der Waals surface area contributed by atoms with Gasteiger partial charge in [0.2, 0.25) is 17.8 Å². The van der Waals surface area contributed by atoms with Crippen LogP contribution in [-0.2, 0) is 0 Å². The van der Waals surface area contributed by atoms with Crippen LogP contribution in [0, 0.1) is 5.92 Å². The van der Waals surface area contributed by atoms with Gasteiger partial charge in [0, 0.05) is 26.2 Å². The summed E-state index contributed by atoms with van der Waals surface area (Å²) in [6.07, 6.45) is 7.46. The zero-order valence-electron chi connectivity index (χ0n) is 13.1. The van der Waals surface area contributed by atoms with Crippen molar-refractivity contribution in [2.24, 2.45) is 5.92 Å². The van der Waals surface area contributed by atoms with Gasteiger partial charge in [-0.2, -0.15) is 15.0 Å². The van der Waals surface area contributed by atoms with E-state index >= 15 is 0 Å². The van der Waals surface area contributed by atoms with Gasteiger partial charge in [0.15, 0.2) is 0 Å². The van der Waals surface area contributed by atoms with Crippen molar-refractivity contribution in [1.29, 1.82) is 0 Å². The lowest BCUT2D eigenvalue weighted by Gasteiger charge is -2.34. The molecule has 1 saturated carbocycles. The van der Waals surface area contributed by atoms with Gasteiger partial charge in [-0.1, -0.05) is 19.8 Å². The van der Waals surface area contributed by atoms with Gasteiger partial charge in [-0.05, 0) is 31.6 Å². The molecule has 6 nitrogen and oxygen atoms in total. The molecule has 2 heterocycles. The quantitative estimate of drug-likeness (QED) is 0.919. The minimum Gasteiger partial charge on any atom is -0.368 e. The summed E-state index contributed by atoms with van der Waals surface area (Å²) in [5.74, 6) is 2.58. The summed E-state index contributed by atoms with van der Waals surface area (Å²) in [5.41, 5.74) is 5.91. The number of nitrogens with zero attached hydrogens (tertiary/aromatic N) is 5. The Balaban J connectivity index is 1.80. The summed E-state index contributed by atoms with van der Waals surface area (Å²) in [6.45, 7) is 4.37. The van der Waals surface area contributed by atoms with E-state index in [1.54, 1.807) is 0 Å². The van der Waals surface area contributed by atoms with E-state index < -0.39 is 0 Å². The molecule has 0 amide bonds. The van der Waals surface area contributed by atoms with E-state index in [1.807, 2.05) is 0 Å². The van der Waals surface area contributed by atoms with Crippen LogP contribution < -0.4 is 15.5 Å². The molecule has 0 bridgehead atoms. The smallest absolute Gasteiger partial charge is 0.231 e. The minimum absolute atomic E-state index is 0.331. The van der Waals surface area contributed by atoms with E-state index in [-0.39, 0.29) is 0 Å². The molecular formula is C15H26N6. The Hall–Kier alpha value is -1.59. The zero-order chi connectivity index (χ0) is 14.8. The third-order valence-corrected chi connectivity index (χ3v) is 4.79. The maximum Gasteiger partial charge on any atom is 0.231 e. The number of nitrogens with two attached hydrogens (primary N) is 1. The summed E-state index contributed by atoms with van der Waals surface area (Å²) < 4.78 is 0. The highest BCUT2D eigenvalue weighted by atomic mass is 15.4. The van der Waals surface area contributed by atoms with Crippen LogP contribution in [0.15, 0.2) is 0 Å². The molecule has 1 aromatic heterocycles. The van der Waals surface area contributed by atoms with Crippen LogP contribution in [-0.4, -0.2) is 41.1 Å². The first-order valence-electron chi connectivity index (χ1n) is 8.13. The fraction of sp³-hybridized carbons (Fsp3) is 0.800. The number of anilines is 3. The third kappa shape index (κ3) is 3.19. The molecular weight excluding hydrogens is 264 g/mol. The number of aromatic nitrogens is 3. The second kappa shape index (κ2) is 6.03. The van der Waals surface area contributed by atoms with Crippen LogP contribution in [0.3, 0.4) is 0 Å². The Labute approximate surface area is 126 Å². The van der Waals surface area contributed by atoms with E-state index in [0.717, 1.165) is 30.9 Å². The van der Waals surface area contributed by atoms with Gasteiger partial charge < -0.3 is 15.5 Å². The molecule has 0 spiro atoms. The Morgan fingerprint density at radius 2 is 1.86 bits per heavy atom. The number of rotatable bonds is 3. The van der Waals surface area contributed by atoms with Crippen LogP contribution in [0.1, 0.15) is 45.4 Å². The molecule has 2 atom stereocenters. The summed E-state index contributed by atoms with van der Waals surface area (Å²) in [7, 11) is 2.09. The van der Waals surface area contributed by atoms with Gasteiger partial charge in [-0.3, -0.25) is 0 Å². The summed E-state index contributed by atoms with van der Waals surface area (Å²) in [4.78, 5) is 17.7. The first-order chi connectivity index (χ1) is 10.1. The van der Waals surface area contributed by atoms with Crippen LogP contribution in [0.25, 0.3) is 0 Å². The van der Waals surface area contributed by atoms with Gasteiger partial charge in [-0.15, -0.1) is 0 Å². The lowest BCUT2D eigenvalue weighted by molar-refractivity contribution is 0.334. The van der Waals surface area contributed by atoms with Gasteiger partial charge in [-0.25, -0.2) is 0 Å². The normalized spacial score (nSPS) is 26.1. The Morgan fingerprint density at radius 1 is 1.10 bits per heavy atom. The minimum atomic E-state index is 0.331. The fourth-order valence-corrected chi connectivity index (χ4v) is 3.50. The fourth-order valence-electron chi connectivity index (χ4n) is 3.50. The molecule has 21 heavy (non-hydrogen) atoms. The molecule has 2 N–H and O–H groups in total. The largest absolute Gasteiger partial charge is 0.368 e. The lowest BCUT2D eigenvalue weighted by atomic mass is 9.86. The highest BCUT2D eigenvalue weighted by molar-refractivity contribution is 5.44. The van der Waals surface area contributed by atoms with Gasteiger partial charge in [0.1, 0.15) is 0 Å². The number of hydrogen-bond donors (Lipinski definition) is 1. The first kappa shape index (κ1) is 14.4. The average Bonchev–Trinajstić information content (AvgIpc) is 3.00. The topological polar surface area (TPSA) is 71.2 Å². The summed E-state index contributed by atoms with van der Waals surface area (Å²) >= 11 is 0. The predicted octanol–water partition coefficient (Wildman–Crippen LogP) is 2.07. The molecule has 2 fully saturated rings. The molecule has 1 aliphatic carbocycles. The molecule has 0 aromatic carbocycles. The van der Waals surface area contributed by atoms with E-state index in [4.69, 9.17) is 5.73 Å². The number of hydrogen-bond acceptors (Lipinski definition) is 6. The molecule has 0 radical (unpaired) electrons. The van der Waals surface area contributed by atoms with Gasteiger partial charge in [0.05, 0.1) is 0 Å². The van der Waals surface area contributed by atoms with Crippen LogP contribution in [0.5, 0.6) is 0 Å². The van der Waals surface area contributed by atoms with Crippen molar-refractivity contribution in [3.8, 4) is 0 Å². The van der Waals surface area contributed by atoms with Crippen molar-refractivity contribution in [3.63, 3.8) is 0 Å². The van der Waals surface area contributed by atoms with Crippen molar-refractivity contribution in [3.05, 3.63) is 0 Å². The maximum atomic E-state index is 5.91. The first-order valence-corrected chi connectivity index (χ1v) is 8.13. The zero-order valence-corrected chi connectivity index (χ0v) is 13.1. The van der Waals surface area contributed by atoms with Crippen LogP contribution >= 0.6 is 0 Å². The van der Waals surface area contributed by atoms with E-state index in [9.17, 15) is 0 Å². The van der Waals surface area contributed by atoms with Gasteiger partial charge >= 0.3 is 0 Å². The van der Waals surface area contributed by atoms with E-state index in [2.05, 4.69) is 38.7 Å². The van der Waals surface area contributed by atoms with Crippen molar-refractivity contribution >= 4 is 17.8 Å². The molecule has 1 aliphatic heterocycles. The predicted molar refractivity (Wildman–Crippen MR) is 85.5 cm³/mol. The standard InChI is InChI=1S/C15H26N6/c1-11-6-5-7-12(10-11)20(2)14-17-13(16)18-15(19-14)21-8-3-4-9-21/h11-12H,3-10H2,1-2H3,(H2,16,17,18,19). The van der Waals surface area contributed by atoms with Crippen molar-refractivity contribution < 1.29 is 0 Å². The average molecular weight is 290 g/mol. The van der Waals surface area contributed by atoms with Crippen molar-refractivity contribution in [1.82, 2.24) is 15.0 Å². The van der Waals surface area contributed by atoms with Gasteiger partial charge in [0.25, 0.3) is 0 Å². The Bertz CT molecular complexity index is 485. The highest BCUT2D eigenvalue weighted by Crippen LogP contribution is 2.29. The Kier molecular flexibility index (Phi) is 4.12. The van der Waals surface area contributed by atoms with E-state index in [1.165, 1.54) is 38.5 Å². The summed E-state index contributed by atoms with van der Waals surface area (Å²) in [5, 5.41) is 0. The molecule has 1 saturated heterocycles. The van der Waals surface area contributed by atoms with Crippen LogP contribution in [0.2, 0.25) is 0 Å². The molecule has 2 unspecified atom stereocenters. The van der Waals surface area contributed by atoms with E-state index in [0.29, 0.717) is 12.0 Å². The SMILES string of the molecule is CC1CCCC(N(C)c2nc(N)nc(N3CCCC3)n2)C1. The molecule has 6 heteroatoms. The Morgan fingerprint density at radius 3 is 2.57 bits per heavy atom. The van der Waals surface area contributed by atoms with Crippen LogP contribution in [0.4, 0.5) is 17.8 Å². The third-order valence-electron chi connectivity index (χ3n) is 4.79. The monoisotopic (exact) mass is 290 g/mol. The second-order valence-corrected chi connectivity index (χ2v) is 6.52. The molecule has 116 valence electrons. The molecule has 3 rings (SSSR count). The van der Waals surface area contributed by atoms with Crippen molar-refractivity contribution in [2.75, 3.05) is 35.7 Å². The summed E-state index contributed by atoms with van der Waals surface area (Å²) in [6, 6.07) is 0.516. The highest BCUT2D eigenvalue weighted by Gasteiger charge is 2.25. The second-order valence-electron chi connectivity index (χ2n) is 6.52.